The van der Waals surface area contributed by atoms with Gasteiger partial charge in [-0.1, -0.05) is 23.7 Å². The molecule has 1 aromatic heterocycles. The van der Waals surface area contributed by atoms with E-state index in [4.69, 9.17) is 11.6 Å². The quantitative estimate of drug-likeness (QED) is 0.708. The molecule has 1 fully saturated rings. The summed E-state index contributed by atoms with van der Waals surface area (Å²) in [4.78, 5) is 15.8. The van der Waals surface area contributed by atoms with E-state index < -0.39 is 21.2 Å². The molecule has 4 rings (SSSR count). The van der Waals surface area contributed by atoms with Crippen molar-refractivity contribution in [2.45, 2.75) is 25.0 Å². The molecule has 1 aliphatic rings. The number of H-pyrrole nitrogens is 1. The summed E-state index contributed by atoms with van der Waals surface area (Å²) >= 11 is 5.97. The molecule has 0 unspecified atom stereocenters. The number of aromatic nitrogens is 1. The normalized spacial score (nSPS) is 14.5. The van der Waals surface area contributed by atoms with E-state index in [1.807, 2.05) is 25.1 Å². The van der Waals surface area contributed by atoms with Crippen LogP contribution in [0.15, 0.2) is 42.6 Å². The first-order valence-corrected chi connectivity index (χ1v) is 10.2. The fraction of sp³-hybridized carbons (Fsp3) is 0.211. The third kappa shape index (κ3) is 2.99. The lowest BCUT2D eigenvalue weighted by Crippen LogP contribution is -2.33. The maximum Gasteiger partial charge on any atom is 0.265 e. The first-order valence-electron chi connectivity index (χ1n) is 8.29. The highest BCUT2D eigenvalue weighted by atomic mass is 35.5. The van der Waals surface area contributed by atoms with Crippen molar-refractivity contribution in [2.24, 2.45) is 0 Å². The number of amides is 1. The Balaban J connectivity index is 1.83. The maximum absolute atomic E-state index is 12.7. The second-order valence-corrected chi connectivity index (χ2v) is 8.94. The van der Waals surface area contributed by atoms with Gasteiger partial charge in [-0.3, -0.25) is 4.79 Å². The highest BCUT2D eigenvalue weighted by Gasteiger charge is 2.37. The van der Waals surface area contributed by atoms with Crippen LogP contribution in [0.1, 0.15) is 28.8 Å². The van der Waals surface area contributed by atoms with Gasteiger partial charge < -0.3 is 4.98 Å². The van der Waals surface area contributed by atoms with Crippen LogP contribution in [-0.2, 0) is 10.0 Å². The van der Waals surface area contributed by atoms with E-state index in [9.17, 15) is 13.2 Å². The van der Waals surface area contributed by atoms with Crippen molar-refractivity contribution >= 4 is 38.4 Å². The van der Waals surface area contributed by atoms with Crippen molar-refractivity contribution in [2.75, 3.05) is 0 Å². The molecule has 2 N–H and O–H groups in total. The van der Waals surface area contributed by atoms with Gasteiger partial charge in [0.05, 0.1) is 5.25 Å². The topological polar surface area (TPSA) is 79.0 Å². The number of nitrogens with one attached hydrogen (secondary N) is 2. The van der Waals surface area contributed by atoms with Gasteiger partial charge in [0.15, 0.2) is 0 Å². The summed E-state index contributed by atoms with van der Waals surface area (Å²) in [5.41, 5.74) is 3.61. The summed E-state index contributed by atoms with van der Waals surface area (Å²) in [5, 5.41) is 1.14. The van der Waals surface area contributed by atoms with Gasteiger partial charge in [-0.15, -0.1) is 0 Å². The number of halogens is 1. The monoisotopic (exact) mass is 388 g/mol. The fourth-order valence-electron chi connectivity index (χ4n) is 3.12. The molecule has 26 heavy (non-hydrogen) atoms. The van der Waals surface area contributed by atoms with E-state index >= 15 is 0 Å². The second kappa shape index (κ2) is 6.14. The van der Waals surface area contributed by atoms with Gasteiger partial charge in [0, 0.05) is 27.7 Å². The standard InChI is InChI=1S/C19H17ClN2O3S/c1-11-16(19(23)22-26(24,25)14-6-7-14)10-17(15-8-9-21-18(11)15)12-2-4-13(20)5-3-12/h2-5,8-10,14,21H,6-7H2,1H3,(H,22,23). The third-order valence-corrected chi connectivity index (χ3v) is 6.77. The minimum absolute atomic E-state index is 0.342. The van der Waals surface area contributed by atoms with Crippen LogP contribution >= 0.6 is 11.6 Å². The average molecular weight is 389 g/mol. The largest absolute Gasteiger partial charge is 0.361 e. The number of rotatable bonds is 4. The van der Waals surface area contributed by atoms with Gasteiger partial charge in [0.25, 0.3) is 5.91 Å². The maximum atomic E-state index is 12.7. The minimum atomic E-state index is -3.60. The van der Waals surface area contributed by atoms with Crippen LogP contribution in [0.5, 0.6) is 0 Å². The number of sulfonamides is 1. The number of aryl methyl sites for hydroxylation is 1. The molecule has 7 heteroatoms. The Morgan fingerprint density at radius 1 is 1.19 bits per heavy atom. The van der Waals surface area contributed by atoms with E-state index in [0.717, 1.165) is 22.0 Å². The van der Waals surface area contributed by atoms with Gasteiger partial charge in [0.1, 0.15) is 0 Å². The number of aromatic amines is 1. The molecule has 2 aromatic carbocycles. The van der Waals surface area contributed by atoms with E-state index in [1.54, 1.807) is 24.4 Å². The second-order valence-electron chi connectivity index (χ2n) is 6.55. The molecule has 1 aliphatic carbocycles. The van der Waals surface area contributed by atoms with Gasteiger partial charge in [0.2, 0.25) is 10.0 Å². The van der Waals surface area contributed by atoms with Crippen LogP contribution in [-0.4, -0.2) is 24.6 Å². The lowest BCUT2D eigenvalue weighted by atomic mass is 9.95. The van der Waals surface area contributed by atoms with Crippen LogP contribution in [0, 0.1) is 6.92 Å². The SMILES string of the molecule is Cc1c(C(=O)NS(=O)(=O)C2CC2)cc(-c2ccc(Cl)cc2)c2cc[nH]c12. The van der Waals surface area contributed by atoms with Crippen LogP contribution < -0.4 is 4.72 Å². The van der Waals surface area contributed by atoms with Crippen molar-refractivity contribution in [3.8, 4) is 11.1 Å². The van der Waals surface area contributed by atoms with Crippen molar-refractivity contribution in [1.82, 2.24) is 9.71 Å². The molecule has 3 aromatic rings. The molecule has 0 spiro atoms. The predicted octanol–water partition coefficient (Wildman–Crippen LogP) is 4.02. The highest BCUT2D eigenvalue weighted by Crippen LogP contribution is 2.34. The zero-order chi connectivity index (χ0) is 18.5. The first-order chi connectivity index (χ1) is 12.4. The molecule has 5 nitrogen and oxygen atoms in total. The summed E-state index contributed by atoms with van der Waals surface area (Å²) in [6, 6.07) is 11.0. The summed E-state index contributed by atoms with van der Waals surface area (Å²) in [6.45, 7) is 1.81. The summed E-state index contributed by atoms with van der Waals surface area (Å²) in [6.07, 6.45) is 3.01. The number of carbonyl (C=O) groups is 1. The molecule has 0 radical (unpaired) electrons. The van der Waals surface area contributed by atoms with Crippen LogP contribution in [0.25, 0.3) is 22.0 Å². The number of hydrogen-bond donors (Lipinski definition) is 2. The molecule has 1 heterocycles. The molecular formula is C19H17ClN2O3S. The molecule has 0 bridgehead atoms. The summed E-state index contributed by atoms with van der Waals surface area (Å²) < 4.78 is 26.5. The van der Waals surface area contributed by atoms with Crippen molar-refractivity contribution in [1.29, 1.82) is 0 Å². The van der Waals surface area contributed by atoms with Crippen molar-refractivity contribution in [3.63, 3.8) is 0 Å². The Kier molecular flexibility index (Phi) is 4.04. The Labute approximate surface area is 156 Å². The van der Waals surface area contributed by atoms with Crippen LogP contribution in [0.2, 0.25) is 5.02 Å². The van der Waals surface area contributed by atoms with Gasteiger partial charge >= 0.3 is 0 Å². The molecule has 0 saturated heterocycles. The van der Waals surface area contributed by atoms with Gasteiger partial charge in [-0.25, -0.2) is 13.1 Å². The van der Waals surface area contributed by atoms with Gasteiger partial charge in [-0.2, -0.15) is 0 Å². The number of benzene rings is 2. The molecule has 0 atom stereocenters. The van der Waals surface area contributed by atoms with E-state index in [2.05, 4.69) is 9.71 Å². The van der Waals surface area contributed by atoms with Crippen LogP contribution in [0.3, 0.4) is 0 Å². The fourth-order valence-corrected chi connectivity index (χ4v) is 4.54. The smallest absolute Gasteiger partial charge is 0.265 e. The Morgan fingerprint density at radius 2 is 1.88 bits per heavy atom. The molecule has 1 saturated carbocycles. The first kappa shape index (κ1) is 17.1. The molecule has 134 valence electrons. The number of fused-ring (bicyclic) bond motifs is 1. The van der Waals surface area contributed by atoms with E-state index in [1.165, 1.54) is 0 Å². The summed E-state index contributed by atoms with van der Waals surface area (Å²) in [7, 11) is -3.60. The lowest BCUT2D eigenvalue weighted by molar-refractivity contribution is 0.0981. The highest BCUT2D eigenvalue weighted by molar-refractivity contribution is 7.91. The van der Waals surface area contributed by atoms with Crippen molar-refractivity contribution < 1.29 is 13.2 Å². The van der Waals surface area contributed by atoms with E-state index in [0.29, 0.717) is 29.0 Å². The van der Waals surface area contributed by atoms with Crippen molar-refractivity contribution in [3.05, 3.63) is 58.7 Å². The minimum Gasteiger partial charge on any atom is -0.361 e. The molecular weight excluding hydrogens is 372 g/mol. The Bertz CT molecular complexity index is 1110. The number of carbonyl (C=O) groups excluding carboxylic acids is 1. The Morgan fingerprint density at radius 3 is 2.54 bits per heavy atom. The Hall–Kier alpha value is -2.31. The molecule has 0 aliphatic heterocycles. The zero-order valence-electron chi connectivity index (χ0n) is 14.0. The average Bonchev–Trinajstić information content (AvgIpc) is 3.35. The van der Waals surface area contributed by atoms with Gasteiger partial charge in [-0.05, 0) is 60.7 Å². The predicted molar refractivity (Wildman–Crippen MR) is 103 cm³/mol. The lowest BCUT2D eigenvalue weighted by Gasteiger charge is -2.13. The summed E-state index contributed by atoms with van der Waals surface area (Å²) in [5.74, 6) is -0.596. The number of hydrogen-bond acceptors (Lipinski definition) is 3. The molecule has 1 amide bonds. The van der Waals surface area contributed by atoms with E-state index in [-0.39, 0.29) is 0 Å². The third-order valence-electron chi connectivity index (χ3n) is 4.70. The van der Waals surface area contributed by atoms with Crippen LogP contribution in [0.4, 0.5) is 0 Å². The zero-order valence-corrected chi connectivity index (χ0v) is 15.6.